The Hall–Kier alpha value is -3.31. The van der Waals surface area contributed by atoms with E-state index in [0.717, 1.165) is 30.6 Å². The zero-order valence-corrected chi connectivity index (χ0v) is 23.4. The van der Waals surface area contributed by atoms with Gasteiger partial charge in [0.05, 0.1) is 17.2 Å². The summed E-state index contributed by atoms with van der Waals surface area (Å²) in [6.07, 6.45) is 0.314. The van der Waals surface area contributed by atoms with Crippen LogP contribution in [0.4, 0.5) is 0 Å². The van der Waals surface area contributed by atoms with Crippen LogP contribution in [0.2, 0.25) is 0 Å². The van der Waals surface area contributed by atoms with E-state index >= 15 is 0 Å². The fourth-order valence-corrected chi connectivity index (χ4v) is 8.00. The van der Waals surface area contributed by atoms with Gasteiger partial charge in [0.15, 0.2) is 18.5 Å². The first-order valence-corrected chi connectivity index (χ1v) is 14.4. The number of fused-ring (bicyclic) bond motifs is 1. The van der Waals surface area contributed by atoms with Gasteiger partial charge in [0.2, 0.25) is 0 Å². The molecule has 2 heterocycles. The van der Waals surface area contributed by atoms with Gasteiger partial charge in [0.1, 0.15) is 18.8 Å². The second-order valence-corrected chi connectivity index (χ2v) is 12.0. The van der Waals surface area contributed by atoms with Crippen LogP contribution in [0.1, 0.15) is 73.6 Å². The zero-order valence-electron chi connectivity index (χ0n) is 23.4. The molecular weight excluding hydrogens is 534 g/mol. The number of carbonyl (C=O) groups excluding carboxylic acids is 5. The number of imide groups is 1. The molecule has 0 aromatic heterocycles. The highest BCUT2D eigenvalue weighted by Crippen LogP contribution is 2.55. The molecule has 0 spiro atoms. The number of esters is 3. The molecule has 4 saturated carbocycles. The third-order valence-corrected chi connectivity index (χ3v) is 9.22. The van der Waals surface area contributed by atoms with E-state index in [0.29, 0.717) is 23.7 Å². The van der Waals surface area contributed by atoms with Gasteiger partial charge in [-0.05, 0) is 67.9 Å². The normalized spacial score (nSPS) is 37.1. The minimum Gasteiger partial charge on any atom is -0.463 e. The summed E-state index contributed by atoms with van der Waals surface area (Å²) in [6.45, 7) is 3.29. The average Bonchev–Trinajstić information content (AvgIpc) is 3.15. The Morgan fingerprint density at radius 1 is 0.780 bits per heavy atom. The third-order valence-electron chi connectivity index (χ3n) is 9.22. The van der Waals surface area contributed by atoms with Crippen molar-refractivity contribution in [1.82, 2.24) is 4.90 Å². The van der Waals surface area contributed by atoms with Crippen LogP contribution < -0.4 is 0 Å². The Kier molecular flexibility index (Phi) is 7.35. The van der Waals surface area contributed by atoms with Gasteiger partial charge in [-0.3, -0.25) is 28.9 Å². The van der Waals surface area contributed by atoms with Crippen molar-refractivity contribution in [1.29, 1.82) is 0 Å². The van der Waals surface area contributed by atoms with Crippen LogP contribution >= 0.6 is 0 Å². The van der Waals surface area contributed by atoms with Crippen LogP contribution in [0.15, 0.2) is 24.3 Å². The summed E-state index contributed by atoms with van der Waals surface area (Å²) in [5.41, 5.74) is 0.414. The Bertz CT molecular complexity index is 1200. The summed E-state index contributed by atoms with van der Waals surface area (Å²) in [5.74, 6) is -1.21. The molecule has 1 aromatic carbocycles. The molecule has 11 heteroatoms. The second kappa shape index (κ2) is 10.8. The Balaban J connectivity index is 1.40. The number of benzene rings is 1. The van der Waals surface area contributed by atoms with Gasteiger partial charge < -0.3 is 23.7 Å². The van der Waals surface area contributed by atoms with Crippen molar-refractivity contribution in [2.75, 3.05) is 6.61 Å². The zero-order chi connectivity index (χ0) is 29.0. The van der Waals surface area contributed by atoms with Crippen molar-refractivity contribution in [3.05, 3.63) is 35.4 Å². The molecule has 0 unspecified atom stereocenters. The summed E-state index contributed by atoms with van der Waals surface area (Å²) >= 11 is 0. The summed E-state index contributed by atoms with van der Waals surface area (Å²) in [4.78, 5) is 64.8. The van der Waals surface area contributed by atoms with E-state index in [9.17, 15) is 24.0 Å². The van der Waals surface area contributed by atoms with E-state index in [1.54, 1.807) is 24.3 Å². The number of amides is 2. The number of hydrogen-bond donors (Lipinski definition) is 0. The maximum atomic E-state index is 13.7. The third kappa shape index (κ3) is 5.14. The van der Waals surface area contributed by atoms with E-state index in [1.165, 1.54) is 27.2 Å². The molecule has 220 valence electrons. The maximum absolute atomic E-state index is 13.7. The Morgan fingerprint density at radius 2 is 1.32 bits per heavy atom. The van der Waals surface area contributed by atoms with Crippen molar-refractivity contribution in [2.24, 2.45) is 23.7 Å². The number of carbonyl (C=O) groups is 5. The lowest BCUT2D eigenvalue weighted by molar-refractivity contribution is -0.312. The van der Waals surface area contributed by atoms with Gasteiger partial charge in [-0.1, -0.05) is 12.1 Å². The quantitative estimate of drug-likeness (QED) is 0.274. The van der Waals surface area contributed by atoms with Crippen molar-refractivity contribution < 1.29 is 47.7 Å². The largest absolute Gasteiger partial charge is 0.463 e. The molecule has 5 fully saturated rings. The first-order valence-electron chi connectivity index (χ1n) is 14.4. The fraction of sp³-hybridized carbons (Fsp3) is 0.633. The highest BCUT2D eigenvalue weighted by atomic mass is 16.7. The monoisotopic (exact) mass is 569 g/mol. The van der Waals surface area contributed by atoms with Gasteiger partial charge in [-0.2, -0.15) is 0 Å². The first-order chi connectivity index (χ1) is 19.6. The lowest BCUT2D eigenvalue weighted by Gasteiger charge is -2.56. The molecule has 4 aliphatic carbocycles. The topological polar surface area (TPSA) is 135 Å². The van der Waals surface area contributed by atoms with E-state index in [4.69, 9.17) is 23.7 Å². The predicted molar refractivity (Wildman–Crippen MR) is 139 cm³/mol. The van der Waals surface area contributed by atoms with Gasteiger partial charge in [-0.15, -0.1) is 0 Å². The highest BCUT2D eigenvalue weighted by Gasteiger charge is 2.59. The molecule has 2 amide bonds. The second-order valence-electron chi connectivity index (χ2n) is 12.0. The molecule has 6 aliphatic rings. The Labute approximate surface area is 237 Å². The van der Waals surface area contributed by atoms with Crippen LogP contribution in [-0.4, -0.2) is 78.0 Å². The van der Waals surface area contributed by atoms with Gasteiger partial charge in [-0.25, -0.2) is 0 Å². The minimum atomic E-state index is -1.34. The molecule has 7 rings (SSSR count). The molecule has 1 saturated heterocycles. The smallest absolute Gasteiger partial charge is 0.303 e. The number of hydrogen-bond acceptors (Lipinski definition) is 10. The van der Waals surface area contributed by atoms with Crippen molar-refractivity contribution in [3.63, 3.8) is 0 Å². The molecular formula is C30H35NO10. The molecule has 1 aromatic rings. The Morgan fingerprint density at radius 3 is 1.83 bits per heavy atom. The van der Waals surface area contributed by atoms with Crippen molar-refractivity contribution >= 4 is 29.7 Å². The lowest BCUT2D eigenvalue weighted by Crippen LogP contribution is -2.68. The lowest BCUT2D eigenvalue weighted by atomic mass is 9.55. The van der Waals surface area contributed by atoms with Gasteiger partial charge >= 0.3 is 17.9 Å². The highest BCUT2D eigenvalue weighted by molar-refractivity contribution is 6.21. The van der Waals surface area contributed by atoms with Gasteiger partial charge in [0, 0.05) is 20.8 Å². The SMILES string of the molecule is CC(=O)OC[C@H]1O[C@@H](OC2C3CC4CC(C3)CC2C4)[C@H](N2C(=O)c3ccccc3C2=O)[C@@H](OC(C)=O)[C@@H]1OC(C)=O. The predicted octanol–water partition coefficient (Wildman–Crippen LogP) is 2.64. The molecule has 0 radical (unpaired) electrons. The first kappa shape index (κ1) is 27.8. The number of nitrogens with zero attached hydrogens (tertiary/aromatic N) is 1. The van der Waals surface area contributed by atoms with Crippen LogP contribution in [0.5, 0.6) is 0 Å². The summed E-state index contributed by atoms with van der Waals surface area (Å²) in [5, 5.41) is 0. The van der Waals surface area contributed by atoms with Crippen LogP contribution in [-0.2, 0) is 38.1 Å². The molecule has 4 bridgehead atoms. The van der Waals surface area contributed by atoms with Crippen molar-refractivity contribution in [3.8, 4) is 0 Å². The summed E-state index contributed by atoms with van der Waals surface area (Å²) in [6, 6.07) is 5.17. The minimum absolute atomic E-state index is 0.178. The number of rotatable bonds is 7. The van der Waals surface area contributed by atoms with Crippen LogP contribution in [0.3, 0.4) is 0 Å². The van der Waals surface area contributed by atoms with E-state index in [-0.39, 0.29) is 23.8 Å². The molecule has 2 aliphatic heterocycles. The number of ether oxygens (including phenoxy) is 5. The van der Waals surface area contributed by atoms with Crippen LogP contribution in [0.25, 0.3) is 0 Å². The van der Waals surface area contributed by atoms with Crippen LogP contribution in [0, 0.1) is 23.7 Å². The molecule has 41 heavy (non-hydrogen) atoms. The summed E-state index contributed by atoms with van der Waals surface area (Å²) in [7, 11) is 0. The van der Waals surface area contributed by atoms with Gasteiger partial charge in [0.25, 0.3) is 11.8 Å². The standard InChI is InChI=1S/C30H35NO10/c1-14(32)37-13-23-26(38-15(2)33)27(39-16(3)34)24(31-28(35)21-6-4-5-7-22(21)29(31)36)30(40-23)41-25-19-9-17-8-18(11-19)12-20(25)10-17/h4-7,17-20,23-27,30H,8-13H2,1-3H3/t17?,18?,19?,20?,23-,24-,25?,26-,27-,30+/m1/s1. The molecule has 0 N–H and O–H groups in total. The molecule has 11 nitrogen and oxygen atoms in total. The summed E-state index contributed by atoms with van der Waals surface area (Å²) < 4.78 is 29.7. The average molecular weight is 570 g/mol. The van der Waals surface area contributed by atoms with E-state index in [2.05, 4.69) is 0 Å². The molecule has 5 atom stereocenters. The van der Waals surface area contributed by atoms with E-state index in [1.807, 2.05) is 0 Å². The fourth-order valence-electron chi connectivity index (χ4n) is 8.00. The maximum Gasteiger partial charge on any atom is 0.303 e. The van der Waals surface area contributed by atoms with E-state index < -0.39 is 60.4 Å². The van der Waals surface area contributed by atoms with Crippen molar-refractivity contribution in [2.45, 2.75) is 89.6 Å².